The minimum atomic E-state index is -0.434. The van der Waals surface area contributed by atoms with E-state index in [1.165, 1.54) is 6.07 Å². The zero-order valence-corrected chi connectivity index (χ0v) is 16.4. The van der Waals surface area contributed by atoms with Crippen LogP contribution in [0.4, 0.5) is 0 Å². The first-order chi connectivity index (χ1) is 13.4. The number of benzene rings is 2. The van der Waals surface area contributed by atoms with Crippen LogP contribution in [0.3, 0.4) is 0 Å². The molecule has 7 heteroatoms. The van der Waals surface area contributed by atoms with E-state index in [1.54, 1.807) is 24.3 Å². The molecule has 0 saturated heterocycles. The summed E-state index contributed by atoms with van der Waals surface area (Å²) in [6.07, 6.45) is 0. The largest absolute Gasteiger partial charge is 0.484 e. The maximum absolute atomic E-state index is 12.2. The molecule has 6 nitrogen and oxygen atoms in total. The number of carbonyl (C=O) groups is 1. The number of nitrogens with one attached hydrogen (secondary N) is 1. The van der Waals surface area contributed by atoms with Gasteiger partial charge in [0.1, 0.15) is 11.3 Å². The van der Waals surface area contributed by atoms with Gasteiger partial charge in [-0.25, -0.2) is 4.79 Å². The van der Waals surface area contributed by atoms with Gasteiger partial charge in [-0.1, -0.05) is 29.8 Å². The van der Waals surface area contributed by atoms with Gasteiger partial charge in [0, 0.05) is 29.1 Å². The van der Waals surface area contributed by atoms with Crippen molar-refractivity contribution in [3.8, 4) is 5.75 Å². The van der Waals surface area contributed by atoms with E-state index >= 15 is 0 Å². The highest BCUT2D eigenvalue weighted by Gasteiger charge is 2.18. The second kappa shape index (κ2) is 8.91. The summed E-state index contributed by atoms with van der Waals surface area (Å²) in [4.78, 5) is 25.5. The van der Waals surface area contributed by atoms with E-state index < -0.39 is 5.63 Å². The highest BCUT2D eigenvalue weighted by Crippen LogP contribution is 2.25. The Kier molecular flexibility index (Phi) is 6.34. The SMILES string of the molecule is CN(C)C(CNC(=O)COc1ccc2ccc(=O)oc2c1)c1ccccc1Cl. The van der Waals surface area contributed by atoms with Gasteiger partial charge in [-0.3, -0.25) is 4.79 Å². The molecule has 0 aliphatic rings. The van der Waals surface area contributed by atoms with Crippen molar-refractivity contribution in [3.05, 3.63) is 75.6 Å². The van der Waals surface area contributed by atoms with Crippen molar-refractivity contribution in [1.82, 2.24) is 10.2 Å². The Morgan fingerprint density at radius 2 is 1.93 bits per heavy atom. The second-order valence-electron chi connectivity index (χ2n) is 6.55. The maximum atomic E-state index is 12.2. The molecule has 146 valence electrons. The Labute approximate surface area is 167 Å². The first kappa shape index (κ1) is 19.9. The van der Waals surface area contributed by atoms with Gasteiger partial charge < -0.3 is 19.4 Å². The molecule has 0 spiro atoms. The number of hydrogen-bond acceptors (Lipinski definition) is 5. The van der Waals surface area contributed by atoms with Crippen LogP contribution in [0.1, 0.15) is 11.6 Å². The first-order valence-electron chi connectivity index (χ1n) is 8.78. The Balaban J connectivity index is 1.59. The summed E-state index contributed by atoms with van der Waals surface area (Å²) in [5.74, 6) is 0.195. The molecule has 0 aliphatic heterocycles. The Bertz CT molecular complexity index is 1030. The van der Waals surface area contributed by atoms with Crippen LogP contribution in [0.5, 0.6) is 5.75 Å². The number of rotatable bonds is 7. The zero-order valence-electron chi connectivity index (χ0n) is 15.6. The predicted octanol–water partition coefficient (Wildman–Crippen LogP) is 3.24. The zero-order chi connectivity index (χ0) is 20.1. The van der Waals surface area contributed by atoms with Gasteiger partial charge in [-0.05, 0) is 43.9 Å². The number of ether oxygens (including phenoxy) is 1. The lowest BCUT2D eigenvalue weighted by molar-refractivity contribution is -0.123. The van der Waals surface area contributed by atoms with Crippen LogP contribution in [-0.4, -0.2) is 38.1 Å². The van der Waals surface area contributed by atoms with Crippen LogP contribution in [0.15, 0.2) is 63.8 Å². The number of likely N-dealkylation sites (N-methyl/N-ethyl adjacent to an activating group) is 1. The molecule has 0 saturated carbocycles. The van der Waals surface area contributed by atoms with Crippen LogP contribution in [0, 0.1) is 0 Å². The molecule has 1 N–H and O–H groups in total. The van der Waals surface area contributed by atoms with Gasteiger partial charge in [0.15, 0.2) is 6.61 Å². The third-order valence-corrected chi connectivity index (χ3v) is 4.69. The fourth-order valence-electron chi connectivity index (χ4n) is 2.86. The molecular formula is C21H21ClN2O4. The fraction of sp³-hybridized carbons (Fsp3) is 0.238. The van der Waals surface area contributed by atoms with Crippen LogP contribution < -0.4 is 15.7 Å². The molecule has 1 aromatic heterocycles. The normalized spacial score (nSPS) is 12.1. The third-order valence-electron chi connectivity index (χ3n) is 4.34. The van der Waals surface area contributed by atoms with Gasteiger partial charge in [0.2, 0.25) is 0 Å². The van der Waals surface area contributed by atoms with Crippen LogP contribution in [-0.2, 0) is 4.79 Å². The lowest BCUT2D eigenvalue weighted by Gasteiger charge is -2.26. The van der Waals surface area contributed by atoms with E-state index in [4.69, 9.17) is 20.8 Å². The molecule has 1 heterocycles. The first-order valence-corrected chi connectivity index (χ1v) is 9.16. The van der Waals surface area contributed by atoms with E-state index in [9.17, 15) is 9.59 Å². The molecule has 0 aliphatic carbocycles. The summed E-state index contributed by atoms with van der Waals surface area (Å²) in [6, 6.07) is 15.6. The predicted molar refractivity (Wildman–Crippen MR) is 109 cm³/mol. The maximum Gasteiger partial charge on any atom is 0.336 e. The Morgan fingerprint density at radius 3 is 2.68 bits per heavy atom. The summed E-state index contributed by atoms with van der Waals surface area (Å²) in [7, 11) is 3.86. The number of hydrogen-bond donors (Lipinski definition) is 1. The van der Waals surface area contributed by atoms with Crippen LogP contribution in [0.25, 0.3) is 11.0 Å². The van der Waals surface area contributed by atoms with Gasteiger partial charge in [-0.15, -0.1) is 0 Å². The Morgan fingerprint density at radius 1 is 1.18 bits per heavy atom. The summed E-state index contributed by atoms with van der Waals surface area (Å²) in [5, 5.41) is 4.31. The number of fused-ring (bicyclic) bond motifs is 1. The minimum absolute atomic E-state index is 0.0624. The van der Waals surface area contributed by atoms with Crippen molar-refractivity contribution in [2.75, 3.05) is 27.2 Å². The summed E-state index contributed by atoms with van der Waals surface area (Å²) in [6.45, 7) is 0.247. The average molecular weight is 401 g/mol. The summed E-state index contributed by atoms with van der Waals surface area (Å²) < 4.78 is 10.6. The number of amides is 1. The lowest BCUT2D eigenvalue weighted by Crippen LogP contribution is -2.37. The van der Waals surface area contributed by atoms with Crippen molar-refractivity contribution < 1.29 is 13.9 Å². The molecule has 0 fully saturated rings. The van der Waals surface area contributed by atoms with Gasteiger partial charge in [0.25, 0.3) is 5.91 Å². The highest BCUT2D eigenvalue weighted by atomic mass is 35.5. The van der Waals surface area contributed by atoms with E-state index in [-0.39, 0.29) is 18.6 Å². The third kappa shape index (κ3) is 4.91. The standard InChI is InChI=1S/C21H21ClN2O4/c1-24(2)18(16-5-3-4-6-17(16)22)12-23-20(25)13-27-15-9-7-14-8-10-21(26)28-19(14)11-15/h3-11,18H,12-13H2,1-2H3,(H,23,25). The molecule has 28 heavy (non-hydrogen) atoms. The molecule has 1 amide bonds. The van der Waals surface area contributed by atoms with Crippen molar-refractivity contribution in [2.24, 2.45) is 0 Å². The quantitative estimate of drug-likeness (QED) is 0.616. The molecular weight excluding hydrogens is 380 g/mol. The van der Waals surface area contributed by atoms with E-state index in [2.05, 4.69) is 5.32 Å². The van der Waals surface area contributed by atoms with Crippen molar-refractivity contribution in [3.63, 3.8) is 0 Å². The Hall–Kier alpha value is -2.83. The number of halogens is 1. The van der Waals surface area contributed by atoms with E-state index in [0.717, 1.165) is 10.9 Å². The minimum Gasteiger partial charge on any atom is -0.484 e. The van der Waals surface area contributed by atoms with Crippen LogP contribution in [0.2, 0.25) is 5.02 Å². The van der Waals surface area contributed by atoms with E-state index in [0.29, 0.717) is 22.9 Å². The average Bonchev–Trinajstić information content (AvgIpc) is 2.67. The molecule has 3 rings (SSSR count). The number of nitrogens with zero attached hydrogens (tertiary/aromatic N) is 1. The van der Waals surface area contributed by atoms with Crippen molar-refractivity contribution >= 4 is 28.5 Å². The molecule has 3 aromatic rings. The lowest BCUT2D eigenvalue weighted by atomic mass is 10.1. The van der Waals surface area contributed by atoms with Gasteiger partial charge in [-0.2, -0.15) is 0 Å². The molecule has 0 radical (unpaired) electrons. The van der Waals surface area contributed by atoms with Crippen LogP contribution >= 0.6 is 11.6 Å². The molecule has 0 bridgehead atoms. The van der Waals surface area contributed by atoms with Crippen molar-refractivity contribution in [2.45, 2.75) is 6.04 Å². The monoisotopic (exact) mass is 400 g/mol. The smallest absolute Gasteiger partial charge is 0.336 e. The molecule has 2 aromatic carbocycles. The fourth-order valence-corrected chi connectivity index (χ4v) is 3.12. The molecule has 1 unspecified atom stereocenters. The van der Waals surface area contributed by atoms with Gasteiger partial charge in [0.05, 0.1) is 6.04 Å². The summed E-state index contributed by atoms with van der Waals surface area (Å²) in [5.41, 5.74) is 0.924. The number of carbonyl (C=O) groups excluding carboxylic acids is 1. The molecule has 1 atom stereocenters. The summed E-state index contributed by atoms with van der Waals surface area (Å²) >= 11 is 6.28. The topological polar surface area (TPSA) is 71.8 Å². The van der Waals surface area contributed by atoms with Gasteiger partial charge >= 0.3 is 5.63 Å². The second-order valence-corrected chi connectivity index (χ2v) is 6.95. The van der Waals surface area contributed by atoms with E-state index in [1.807, 2.05) is 43.3 Å². The van der Waals surface area contributed by atoms with Crippen molar-refractivity contribution in [1.29, 1.82) is 0 Å². The highest BCUT2D eigenvalue weighted by molar-refractivity contribution is 6.31.